The van der Waals surface area contributed by atoms with Crippen molar-refractivity contribution in [2.75, 3.05) is 53.5 Å². The molecular weight excluding hydrogens is 755 g/mol. The molecule has 2 aromatic carbocycles. The minimum absolute atomic E-state index is 0.0508. The maximum absolute atomic E-state index is 14.9. The second kappa shape index (κ2) is 12.5. The number of allylic oxidation sites excluding steroid dienone is 2. The number of carbonyl (C=O) groups is 2. The quantitative estimate of drug-likeness (QED) is 0.242. The van der Waals surface area contributed by atoms with Crippen molar-refractivity contribution >= 4 is 34.7 Å². The number of ether oxygens (including phenoxy) is 6. The lowest BCUT2D eigenvalue weighted by Gasteiger charge is -2.62. The molecule has 4 saturated heterocycles. The molecule has 4 fully saturated rings. The minimum Gasteiger partial charge on any atom is -0.508 e. The Hall–Kier alpha value is -4.41. The Morgan fingerprint density at radius 2 is 1.89 bits per heavy atom. The maximum atomic E-state index is 14.9. The molecule has 0 saturated carbocycles. The van der Waals surface area contributed by atoms with Crippen LogP contribution in [-0.4, -0.2) is 103 Å². The largest absolute Gasteiger partial charge is 0.508 e. The molecule has 4 bridgehead atoms. The van der Waals surface area contributed by atoms with Gasteiger partial charge in [0.1, 0.15) is 40.9 Å². The number of methoxy groups -OCH3 is 2. The average molecular weight is 802 g/mol. The highest BCUT2D eigenvalue weighted by atomic mass is 32.2. The number of carbonyl (C=O) groups excluding carboxylic acids is 2. The Morgan fingerprint density at radius 1 is 1.11 bits per heavy atom. The third-order valence-corrected chi connectivity index (χ3v) is 15.2. The molecule has 4 unspecified atom stereocenters. The van der Waals surface area contributed by atoms with Crippen LogP contribution < -0.4 is 24.3 Å². The van der Waals surface area contributed by atoms with Crippen molar-refractivity contribution in [1.29, 1.82) is 0 Å². The van der Waals surface area contributed by atoms with Crippen LogP contribution in [0, 0.1) is 18.3 Å². The van der Waals surface area contributed by atoms with Crippen LogP contribution in [0.5, 0.6) is 23.0 Å². The summed E-state index contributed by atoms with van der Waals surface area (Å²) in [7, 11) is 5.17. The average Bonchev–Trinajstić information content (AvgIpc) is 3.79. The number of fused-ring (bicyclic) bond motifs is 8. The number of benzene rings is 2. The molecule has 3 N–H and O–H groups in total. The SMILES string of the molecule is COC1=C(O)C2(C)C3[C@@H]4[C@@H]5SC[C@]6(NCCc7c6oc6ccc(OC)cc76)C(=O)OC[C@@H](c6c7c(c(C)c(OC(C)=O)c65)OCO7)N4C(O)(C[C@@H]2C=C1C)CN3C. The zero-order chi connectivity index (χ0) is 39.9. The molecular formula is C42H47N3O11S. The van der Waals surface area contributed by atoms with Crippen molar-refractivity contribution in [2.24, 2.45) is 11.3 Å². The lowest BCUT2D eigenvalue weighted by Crippen LogP contribution is -2.73. The minimum atomic E-state index is -1.47. The van der Waals surface area contributed by atoms with Crippen molar-refractivity contribution in [2.45, 2.75) is 75.2 Å². The number of thioether (sulfide) groups is 1. The maximum Gasteiger partial charge on any atom is 0.335 e. The van der Waals surface area contributed by atoms with Crippen LogP contribution in [0.3, 0.4) is 0 Å². The number of esters is 2. The van der Waals surface area contributed by atoms with Crippen molar-refractivity contribution < 1.29 is 52.6 Å². The van der Waals surface area contributed by atoms with Gasteiger partial charge in [0, 0.05) is 65.5 Å². The number of piperazine rings is 1. The Morgan fingerprint density at radius 3 is 2.65 bits per heavy atom. The fourth-order valence-electron chi connectivity index (χ4n) is 11.5. The topological polar surface area (TPSA) is 162 Å². The van der Waals surface area contributed by atoms with E-state index in [9.17, 15) is 19.8 Å². The van der Waals surface area contributed by atoms with E-state index in [0.29, 0.717) is 69.8 Å². The van der Waals surface area contributed by atoms with Crippen molar-refractivity contribution in [3.63, 3.8) is 0 Å². The number of hydrogen-bond acceptors (Lipinski definition) is 15. The molecule has 1 spiro atoms. The summed E-state index contributed by atoms with van der Waals surface area (Å²) in [5.74, 6) is 1.84. The van der Waals surface area contributed by atoms with Gasteiger partial charge in [0.05, 0.1) is 30.9 Å². The fraction of sp³-hybridized carbons (Fsp3) is 0.524. The van der Waals surface area contributed by atoms with E-state index in [0.717, 1.165) is 16.5 Å². The van der Waals surface area contributed by atoms with E-state index in [1.54, 1.807) is 14.2 Å². The van der Waals surface area contributed by atoms with Crippen LogP contribution in [0.25, 0.3) is 11.0 Å². The summed E-state index contributed by atoms with van der Waals surface area (Å²) in [5.41, 5.74) is 0.502. The second-order valence-electron chi connectivity index (χ2n) is 16.7. The van der Waals surface area contributed by atoms with E-state index >= 15 is 0 Å². The molecule has 302 valence electrons. The molecule has 14 nitrogen and oxygen atoms in total. The summed E-state index contributed by atoms with van der Waals surface area (Å²) in [6.45, 7) is 7.70. The molecule has 9 atom stereocenters. The summed E-state index contributed by atoms with van der Waals surface area (Å²) in [5, 5.41) is 29.5. The normalized spacial score (nSPS) is 35.2. The van der Waals surface area contributed by atoms with Gasteiger partial charge in [0.2, 0.25) is 6.79 Å². The number of aliphatic hydroxyl groups excluding tert-OH is 1. The van der Waals surface area contributed by atoms with E-state index in [4.69, 9.17) is 32.8 Å². The number of nitrogens with zero attached hydrogens (tertiary/aromatic N) is 2. The predicted molar refractivity (Wildman–Crippen MR) is 207 cm³/mol. The highest BCUT2D eigenvalue weighted by Crippen LogP contribution is 2.67. The van der Waals surface area contributed by atoms with Gasteiger partial charge in [-0.05, 0) is 63.4 Å². The zero-order valence-corrected chi connectivity index (χ0v) is 33.8. The first kappa shape index (κ1) is 36.9. The molecule has 9 heterocycles. The Bertz CT molecular complexity index is 2340. The van der Waals surface area contributed by atoms with Crippen LogP contribution in [-0.2, 0) is 31.0 Å². The molecule has 9 aliphatic rings. The third kappa shape index (κ3) is 4.80. The highest BCUT2D eigenvalue weighted by molar-refractivity contribution is 7.99. The molecule has 12 rings (SSSR count). The lowest BCUT2D eigenvalue weighted by molar-refractivity contribution is -0.216. The number of aliphatic hydroxyl groups is 2. The first-order chi connectivity index (χ1) is 27.3. The highest BCUT2D eigenvalue weighted by Gasteiger charge is 2.69. The van der Waals surface area contributed by atoms with E-state index in [1.807, 2.05) is 39.1 Å². The molecule has 15 heteroatoms. The van der Waals surface area contributed by atoms with E-state index in [-0.39, 0.29) is 43.8 Å². The summed E-state index contributed by atoms with van der Waals surface area (Å²) in [6, 6.07) is 3.88. The molecule has 57 heavy (non-hydrogen) atoms. The van der Waals surface area contributed by atoms with Crippen LogP contribution in [0.2, 0.25) is 0 Å². The number of nitrogens with one attached hydrogen (secondary N) is 1. The predicted octanol–water partition coefficient (Wildman–Crippen LogP) is 4.91. The summed E-state index contributed by atoms with van der Waals surface area (Å²) < 4.78 is 43.1. The van der Waals surface area contributed by atoms with E-state index in [1.165, 1.54) is 18.7 Å². The molecule has 0 radical (unpaired) electrons. The molecule has 1 aromatic heterocycles. The van der Waals surface area contributed by atoms with E-state index < -0.39 is 52.0 Å². The van der Waals surface area contributed by atoms with Gasteiger partial charge in [-0.15, -0.1) is 11.8 Å². The van der Waals surface area contributed by atoms with Gasteiger partial charge in [-0.2, -0.15) is 0 Å². The van der Waals surface area contributed by atoms with Crippen LogP contribution in [0.15, 0.2) is 45.8 Å². The Kier molecular flexibility index (Phi) is 8.12. The van der Waals surface area contributed by atoms with E-state index in [2.05, 4.69) is 28.1 Å². The number of likely N-dealkylation sites (N-methyl/N-ethyl adjacent to an activating group) is 1. The first-order valence-electron chi connectivity index (χ1n) is 19.4. The van der Waals surface area contributed by atoms with Crippen molar-refractivity contribution in [3.05, 3.63) is 69.4 Å². The summed E-state index contributed by atoms with van der Waals surface area (Å²) in [4.78, 5) is 32.2. The standard InChI is InChI=1S/C42H47N3O11S/c1-19-12-22-14-41(49)16-44(5)36(40(22,4)37(47)31(19)51-7)30-35-29-28(34-33(53-18-54-34)20(2)32(29)55-21(3)46)26(45(30)41)15-52-39(48)42(17-57-35)38-24(10-11-43-42)25-13-23(50-6)8-9-27(25)56-38/h8-9,12-13,22,26,30,35-36,43,47,49H,10-11,14-18H2,1-7H3/t22-,26-,30-,35+,36?,40?,41?,42+/m0/s1. The van der Waals surface area contributed by atoms with Crippen molar-refractivity contribution in [3.8, 4) is 23.0 Å². The van der Waals surface area contributed by atoms with Crippen molar-refractivity contribution in [1.82, 2.24) is 15.1 Å². The molecule has 8 aliphatic heterocycles. The van der Waals surface area contributed by atoms with Gasteiger partial charge in [-0.3, -0.25) is 19.9 Å². The monoisotopic (exact) mass is 801 g/mol. The lowest BCUT2D eigenvalue weighted by atomic mass is 9.63. The van der Waals surface area contributed by atoms with Gasteiger partial charge in [-0.25, -0.2) is 4.79 Å². The molecule has 0 amide bonds. The van der Waals surface area contributed by atoms with Crippen LogP contribution >= 0.6 is 11.8 Å². The van der Waals surface area contributed by atoms with Gasteiger partial charge in [0.15, 0.2) is 22.8 Å². The fourth-order valence-corrected chi connectivity index (χ4v) is 13.1. The summed E-state index contributed by atoms with van der Waals surface area (Å²) in [6.07, 6.45) is 3.01. The van der Waals surface area contributed by atoms with Gasteiger partial charge < -0.3 is 43.1 Å². The summed E-state index contributed by atoms with van der Waals surface area (Å²) >= 11 is 1.51. The Balaban J connectivity index is 1.24. The number of furan rings is 1. The molecule has 1 aliphatic carbocycles. The van der Waals surface area contributed by atoms with Gasteiger partial charge in [-0.1, -0.05) is 13.0 Å². The zero-order valence-electron chi connectivity index (χ0n) is 33.0. The van der Waals surface area contributed by atoms with Crippen LogP contribution in [0.1, 0.15) is 66.5 Å². The number of hydrogen-bond donors (Lipinski definition) is 3. The van der Waals surface area contributed by atoms with Gasteiger partial charge >= 0.3 is 11.9 Å². The van der Waals surface area contributed by atoms with Gasteiger partial charge in [0.25, 0.3) is 0 Å². The smallest absolute Gasteiger partial charge is 0.335 e. The third-order valence-electron chi connectivity index (χ3n) is 13.7. The first-order valence-corrected chi connectivity index (χ1v) is 20.5. The Labute approximate surface area is 334 Å². The van der Waals surface area contributed by atoms with Crippen LogP contribution in [0.4, 0.5) is 0 Å². The molecule has 3 aromatic rings. The second-order valence-corrected chi connectivity index (χ2v) is 17.8. The number of rotatable bonds is 3.